The molecule has 7 heteroatoms. The summed E-state index contributed by atoms with van der Waals surface area (Å²) in [6.07, 6.45) is 0. The summed E-state index contributed by atoms with van der Waals surface area (Å²) >= 11 is 1.38. The lowest BCUT2D eigenvalue weighted by molar-refractivity contribution is -0.136. The number of aryl methyl sites for hydroxylation is 1. The van der Waals surface area contributed by atoms with Gasteiger partial charge in [-0.2, -0.15) is 0 Å². The van der Waals surface area contributed by atoms with Crippen molar-refractivity contribution in [2.75, 3.05) is 32.8 Å². The van der Waals surface area contributed by atoms with Crippen molar-refractivity contribution in [2.45, 2.75) is 13.5 Å². The summed E-state index contributed by atoms with van der Waals surface area (Å²) in [4.78, 5) is 33.2. The lowest BCUT2D eigenvalue weighted by Gasteiger charge is -2.34. The van der Waals surface area contributed by atoms with Gasteiger partial charge in [-0.05, 0) is 12.5 Å². The molecule has 0 saturated carbocycles. The van der Waals surface area contributed by atoms with Gasteiger partial charge in [0.15, 0.2) is 12.3 Å². The van der Waals surface area contributed by atoms with E-state index in [0.29, 0.717) is 13.1 Å². The predicted molar refractivity (Wildman–Crippen MR) is 121 cm³/mol. The van der Waals surface area contributed by atoms with Gasteiger partial charge in [0.1, 0.15) is 5.01 Å². The van der Waals surface area contributed by atoms with Crippen molar-refractivity contribution in [2.24, 2.45) is 0 Å². The predicted octanol–water partition coefficient (Wildman–Crippen LogP) is 3.62. The fourth-order valence-corrected chi connectivity index (χ4v) is 4.39. The van der Waals surface area contributed by atoms with Gasteiger partial charge in [0.05, 0.1) is 0 Å². The smallest absolute Gasteiger partial charge is 0.358 e. The quantitative estimate of drug-likeness (QED) is 0.554. The van der Waals surface area contributed by atoms with E-state index in [4.69, 9.17) is 4.74 Å². The fraction of sp³-hybridized carbons (Fsp3) is 0.292. The average Bonchev–Trinajstić information content (AvgIpc) is 3.29. The van der Waals surface area contributed by atoms with Gasteiger partial charge in [0.25, 0.3) is 5.91 Å². The van der Waals surface area contributed by atoms with E-state index in [1.165, 1.54) is 22.5 Å². The second kappa shape index (κ2) is 9.85. The number of hydrogen-bond acceptors (Lipinski definition) is 6. The van der Waals surface area contributed by atoms with Gasteiger partial charge in [0.2, 0.25) is 0 Å². The van der Waals surface area contributed by atoms with Crippen LogP contribution in [-0.2, 0) is 16.1 Å². The zero-order chi connectivity index (χ0) is 21.6. The van der Waals surface area contributed by atoms with Crippen molar-refractivity contribution >= 4 is 23.2 Å². The molecule has 1 fully saturated rings. The minimum Gasteiger partial charge on any atom is -0.451 e. The van der Waals surface area contributed by atoms with Crippen LogP contribution in [0.5, 0.6) is 0 Å². The monoisotopic (exact) mass is 435 g/mol. The van der Waals surface area contributed by atoms with Gasteiger partial charge in [-0.1, -0.05) is 60.2 Å². The first-order chi connectivity index (χ1) is 15.1. The second-order valence-corrected chi connectivity index (χ2v) is 8.48. The van der Waals surface area contributed by atoms with Crippen LogP contribution in [0.2, 0.25) is 0 Å². The summed E-state index contributed by atoms with van der Waals surface area (Å²) in [5.41, 5.74) is 3.72. The Hall–Kier alpha value is -3.03. The Morgan fingerprint density at radius 1 is 1.03 bits per heavy atom. The summed E-state index contributed by atoms with van der Waals surface area (Å²) < 4.78 is 5.23. The van der Waals surface area contributed by atoms with Crippen LogP contribution in [0.25, 0.3) is 10.6 Å². The molecule has 1 saturated heterocycles. The third-order valence-corrected chi connectivity index (χ3v) is 6.17. The molecular weight excluding hydrogens is 410 g/mol. The van der Waals surface area contributed by atoms with Crippen LogP contribution in [-0.4, -0.2) is 59.4 Å². The minimum absolute atomic E-state index is 0.165. The van der Waals surface area contributed by atoms with Crippen molar-refractivity contribution in [1.29, 1.82) is 0 Å². The van der Waals surface area contributed by atoms with Crippen LogP contribution in [0.4, 0.5) is 0 Å². The van der Waals surface area contributed by atoms with E-state index in [1.807, 2.05) is 30.3 Å². The normalized spacial score (nSPS) is 14.4. The Morgan fingerprint density at radius 2 is 1.81 bits per heavy atom. The fourth-order valence-electron chi connectivity index (χ4n) is 3.60. The van der Waals surface area contributed by atoms with Gasteiger partial charge in [-0.15, -0.1) is 11.3 Å². The number of nitrogens with zero attached hydrogens (tertiary/aromatic N) is 3. The standard InChI is InChI=1S/C24H25N3O3S/c1-18-6-5-7-19(14-18)15-26-10-12-27(13-11-26)22(28)16-30-24(29)21-17-31-23(25-21)20-8-3-2-4-9-20/h2-9,14,17H,10-13,15-16H2,1H3. The molecule has 1 aromatic heterocycles. The molecule has 0 atom stereocenters. The SMILES string of the molecule is Cc1cccc(CN2CCN(C(=O)COC(=O)c3csc(-c4ccccc4)n3)CC2)c1. The molecule has 0 aliphatic carbocycles. The average molecular weight is 436 g/mol. The zero-order valence-electron chi connectivity index (χ0n) is 17.5. The second-order valence-electron chi connectivity index (χ2n) is 7.63. The van der Waals surface area contributed by atoms with E-state index in [0.717, 1.165) is 30.2 Å². The minimum atomic E-state index is -0.565. The van der Waals surface area contributed by atoms with Gasteiger partial charge in [-0.3, -0.25) is 9.69 Å². The van der Waals surface area contributed by atoms with Crippen LogP contribution < -0.4 is 0 Å². The Balaban J connectivity index is 1.23. The van der Waals surface area contributed by atoms with Crippen molar-refractivity contribution in [3.8, 4) is 10.6 Å². The molecule has 2 heterocycles. The lowest BCUT2D eigenvalue weighted by atomic mass is 10.1. The van der Waals surface area contributed by atoms with Crippen molar-refractivity contribution in [3.05, 3.63) is 76.8 Å². The van der Waals surface area contributed by atoms with Gasteiger partial charge in [-0.25, -0.2) is 9.78 Å². The molecule has 31 heavy (non-hydrogen) atoms. The van der Waals surface area contributed by atoms with Crippen LogP contribution in [0, 0.1) is 6.92 Å². The van der Waals surface area contributed by atoms with Crippen LogP contribution in [0.15, 0.2) is 60.0 Å². The number of thiazole rings is 1. The third-order valence-electron chi connectivity index (χ3n) is 5.27. The maximum atomic E-state index is 12.5. The summed E-state index contributed by atoms with van der Waals surface area (Å²) in [7, 11) is 0. The number of hydrogen-bond donors (Lipinski definition) is 0. The molecular formula is C24H25N3O3S. The van der Waals surface area contributed by atoms with Crippen LogP contribution in [0.1, 0.15) is 21.6 Å². The summed E-state index contributed by atoms with van der Waals surface area (Å²) in [5.74, 6) is -0.730. The Morgan fingerprint density at radius 3 is 2.55 bits per heavy atom. The number of aromatic nitrogens is 1. The highest BCUT2D eigenvalue weighted by Gasteiger charge is 2.23. The largest absolute Gasteiger partial charge is 0.451 e. The number of ether oxygens (including phenoxy) is 1. The van der Waals surface area contributed by atoms with E-state index < -0.39 is 5.97 Å². The highest BCUT2D eigenvalue weighted by atomic mass is 32.1. The van der Waals surface area contributed by atoms with Gasteiger partial charge in [0, 0.05) is 43.7 Å². The van der Waals surface area contributed by atoms with E-state index in [1.54, 1.807) is 10.3 Å². The molecule has 3 aromatic rings. The molecule has 0 N–H and O–H groups in total. The first-order valence-corrected chi connectivity index (χ1v) is 11.2. The number of amides is 1. The maximum Gasteiger partial charge on any atom is 0.358 e. The van der Waals surface area contributed by atoms with Gasteiger partial charge < -0.3 is 9.64 Å². The van der Waals surface area contributed by atoms with E-state index in [9.17, 15) is 9.59 Å². The highest BCUT2D eigenvalue weighted by Crippen LogP contribution is 2.23. The number of carbonyl (C=O) groups is 2. The molecule has 0 bridgehead atoms. The first-order valence-electron chi connectivity index (χ1n) is 10.3. The lowest BCUT2D eigenvalue weighted by Crippen LogP contribution is -2.49. The molecule has 0 spiro atoms. The summed E-state index contributed by atoms with van der Waals surface area (Å²) in [6.45, 7) is 5.60. The Bertz CT molecular complexity index is 1040. The summed E-state index contributed by atoms with van der Waals surface area (Å²) in [6, 6.07) is 18.2. The Labute approximate surface area is 186 Å². The third kappa shape index (κ3) is 5.57. The molecule has 4 rings (SSSR count). The molecule has 0 unspecified atom stereocenters. The maximum absolute atomic E-state index is 12.5. The molecule has 6 nitrogen and oxygen atoms in total. The van der Waals surface area contributed by atoms with E-state index in [-0.39, 0.29) is 18.2 Å². The first kappa shape index (κ1) is 21.2. The number of rotatable bonds is 6. The highest BCUT2D eigenvalue weighted by molar-refractivity contribution is 7.13. The van der Waals surface area contributed by atoms with Crippen molar-refractivity contribution < 1.29 is 14.3 Å². The van der Waals surface area contributed by atoms with Crippen molar-refractivity contribution in [3.63, 3.8) is 0 Å². The van der Waals surface area contributed by atoms with Gasteiger partial charge >= 0.3 is 5.97 Å². The van der Waals surface area contributed by atoms with Crippen molar-refractivity contribution in [1.82, 2.24) is 14.8 Å². The molecule has 1 aliphatic rings. The molecule has 1 aliphatic heterocycles. The number of esters is 1. The van der Waals surface area contributed by atoms with E-state index >= 15 is 0 Å². The molecule has 2 aromatic carbocycles. The molecule has 0 radical (unpaired) electrons. The van der Waals surface area contributed by atoms with Crippen LogP contribution >= 0.6 is 11.3 Å². The topological polar surface area (TPSA) is 62.7 Å². The Kier molecular flexibility index (Phi) is 6.74. The number of benzene rings is 2. The zero-order valence-corrected chi connectivity index (χ0v) is 18.3. The summed E-state index contributed by atoms with van der Waals surface area (Å²) in [5, 5.41) is 2.42. The van der Waals surface area contributed by atoms with Crippen LogP contribution in [0.3, 0.4) is 0 Å². The number of piperazine rings is 1. The molecule has 160 valence electrons. The number of carbonyl (C=O) groups excluding carboxylic acids is 2. The van der Waals surface area contributed by atoms with E-state index in [2.05, 4.69) is 41.1 Å². The molecule has 1 amide bonds.